The van der Waals surface area contributed by atoms with Crippen LogP contribution in [0, 0.1) is 16.0 Å². The summed E-state index contributed by atoms with van der Waals surface area (Å²) in [7, 11) is 0. The third-order valence-corrected chi connectivity index (χ3v) is 4.90. The van der Waals surface area contributed by atoms with Crippen LogP contribution in [0.4, 0.5) is 5.69 Å². The number of halogens is 1. The van der Waals surface area contributed by atoms with Crippen molar-refractivity contribution in [3.8, 4) is 11.3 Å². The van der Waals surface area contributed by atoms with Gasteiger partial charge in [0.2, 0.25) is 0 Å². The number of benzene rings is 1. The van der Waals surface area contributed by atoms with E-state index in [9.17, 15) is 14.9 Å². The van der Waals surface area contributed by atoms with Crippen molar-refractivity contribution in [1.82, 2.24) is 15.3 Å². The number of carbonyl (C=O) groups excluding carboxylic acids is 1. The summed E-state index contributed by atoms with van der Waals surface area (Å²) in [5.74, 6) is 0.292. The first-order valence-electron chi connectivity index (χ1n) is 8.65. The number of hydrogen-bond donors (Lipinski definition) is 1. The fraction of sp³-hybridized carbons (Fsp3) is 0.389. The minimum absolute atomic E-state index is 0.107. The number of aromatic nitrogens is 2. The van der Waals surface area contributed by atoms with Gasteiger partial charge in [0.05, 0.1) is 4.92 Å². The van der Waals surface area contributed by atoms with E-state index >= 15 is 0 Å². The molecule has 2 aromatic rings. The number of nitrogens with one attached hydrogen (secondary N) is 1. The Morgan fingerprint density at radius 2 is 2.15 bits per heavy atom. The van der Waals surface area contributed by atoms with Crippen molar-refractivity contribution >= 4 is 23.8 Å². The molecule has 1 aromatic heterocycles. The summed E-state index contributed by atoms with van der Waals surface area (Å²) in [6, 6.07) is 6.66. The van der Waals surface area contributed by atoms with Crippen LogP contribution in [0.5, 0.6) is 0 Å². The summed E-state index contributed by atoms with van der Waals surface area (Å²) < 4.78 is 5.21. The average Bonchev–Trinajstić information content (AvgIpc) is 2.68. The quantitative estimate of drug-likeness (QED) is 0.439. The second-order valence-electron chi connectivity index (χ2n) is 6.37. The molecule has 3 rings (SSSR count). The van der Waals surface area contributed by atoms with Crippen molar-refractivity contribution in [3.63, 3.8) is 0 Å². The van der Waals surface area contributed by atoms with Crippen LogP contribution in [0.15, 0.2) is 30.6 Å². The highest BCUT2D eigenvalue weighted by Gasteiger charge is 2.32. The molecule has 0 aliphatic carbocycles. The summed E-state index contributed by atoms with van der Waals surface area (Å²) in [4.78, 5) is 30.6. The lowest BCUT2D eigenvalue weighted by atomic mass is 9.90. The molecule has 27 heavy (non-hydrogen) atoms. The van der Waals surface area contributed by atoms with Crippen molar-refractivity contribution in [3.05, 3.63) is 51.4 Å². The monoisotopic (exact) mass is 390 g/mol. The van der Waals surface area contributed by atoms with Gasteiger partial charge in [-0.2, -0.15) is 0 Å². The van der Waals surface area contributed by atoms with Gasteiger partial charge in [-0.25, -0.2) is 9.97 Å². The first-order chi connectivity index (χ1) is 13.1. The minimum atomic E-state index is -0.799. The summed E-state index contributed by atoms with van der Waals surface area (Å²) in [5, 5.41) is 15.6. The van der Waals surface area contributed by atoms with Gasteiger partial charge in [0.1, 0.15) is 6.33 Å². The maximum Gasteiger partial charge on any atom is 0.320 e. The van der Waals surface area contributed by atoms with Crippen molar-refractivity contribution in [2.24, 2.45) is 5.92 Å². The van der Waals surface area contributed by atoms with Gasteiger partial charge in [0, 0.05) is 10.6 Å². The molecule has 0 radical (unpaired) electrons. The number of nitro groups is 1. The second-order valence-corrected chi connectivity index (χ2v) is 6.81. The Hall–Kier alpha value is -2.58. The zero-order valence-electron chi connectivity index (χ0n) is 14.5. The fourth-order valence-electron chi connectivity index (χ4n) is 3.37. The number of hydrogen-bond acceptors (Lipinski definition) is 7. The molecular formula is C18H19ClN4O4. The van der Waals surface area contributed by atoms with E-state index in [0.717, 1.165) is 25.9 Å². The Morgan fingerprint density at radius 3 is 2.81 bits per heavy atom. The molecule has 0 bridgehead atoms. The predicted octanol–water partition coefficient (Wildman–Crippen LogP) is 3.31. The van der Waals surface area contributed by atoms with Gasteiger partial charge in [0.25, 0.3) is 6.47 Å². The molecule has 0 amide bonds. The zero-order chi connectivity index (χ0) is 19.2. The van der Waals surface area contributed by atoms with Gasteiger partial charge in [-0.05, 0) is 50.4 Å². The van der Waals surface area contributed by atoms with Gasteiger partial charge in [-0.15, -0.1) is 0 Å². The number of carbonyl (C=O) groups is 1. The normalized spacial score (nSPS) is 15.9. The van der Waals surface area contributed by atoms with Crippen LogP contribution in [0.3, 0.4) is 0 Å². The van der Waals surface area contributed by atoms with E-state index in [1.807, 2.05) is 0 Å². The lowest BCUT2D eigenvalue weighted by Gasteiger charge is -2.25. The van der Waals surface area contributed by atoms with Gasteiger partial charge >= 0.3 is 5.69 Å². The molecular weight excluding hydrogens is 372 g/mol. The Morgan fingerprint density at radius 1 is 1.37 bits per heavy atom. The molecule has 1 aromatic carbocycles. The SMILES string of the molecule is O=COC(CC1CCNCC1)c1ncnc(-c2cccc(Cl)c2)c1[N+](=O)[O-]. The summed E-state index contributed by atoms with van der Waals surface area (Å²) in [5.41, 5.74) is 0.498. The Kier molecular flexibility index (Phi) is 6.31. The lowest BCUT2D eigenvalue weighted by molar-refractivity contribution is -0.386. The smallest absolute Gasteiger partial charge is 0.320 e. The molecule has 1 N–H and O–H groups in total. The molecule has 0 saturated carbocycles. The van der Waals surface area contributed by atoms with E-state index in [0.29, 0.717) is 29.4 Å². The third kappa shape index (κ3) is 4.58. The highest BCUT2D eigenvalue weighted by atomic mass is 35.5. The van der Waals surface area contributed by atoms with Crippen molar-refractivity contribution in [2.75, 3.05) is 13.1 Å². The molecule has 2 heterocycles. The molecule has 9 heteroatoms. The van der Waals surface area contributed by atoms with Crippen molar-refractivity contribution in [1.29, 1.82) is 0 Å². The van der Waals surface area contributed by atoms with Gasteiger partial charge in [-0.3, -0.25) is 14.9 Å². The Bertz CT molecular complexity index is 827. The summed E-state index contributed by atoms with van der Waals surface area (Å²) >= 11 is 6.02. The zero-order valence-corrected chi connectivity index (χ0v) is 15.3. The minimum Gasteiger partial charge on any atom is -0.458 e. The van der Waals surface area contributed by atoms with Crippen LogP contribution in [-0.4, -0.2) is 34.5 Å². The van der Waals surface area contributed by atoms with Gasteiger partial charge in [-0.1, -0.05) is 23.7 Å². The molecule has 1 aliphatic rings. The van der Waals surface area contributed by atoms with Crippen LogP contribution in [0.2, 0.25) is 5.02 Å². The largest absolute Gasteiger partial charge is 0.458 e. The van der Waals surface area contributed by atoms with E-state index in [4.69, 9.17) is 16.3 Å². The van der Waals surface area contributed by atoms with Crippen molar-refractivity contribution in [2.45, 2.75) is 25.4 Å². The standard InChI is InChI=1S/C18H19ClN4O4/c19-14-3-1-2-13(9-14)16-18(23(25)26)17(22-10-21-16)15(27-11-24)8-12-4-6-20-7-5-12/h1-3,9-12,15,20H,4-8H2. The Labute approximate surface area is 161 Å². The number of ether oxygens (including phenoxy) is 1. The van der Waals surface area contributed by atoms with E-state index in [-0.39, 0.29) is 17.1 Å². The van der Waals surface area contributed by atoms with Crippen molar-refractivity contribution < 1.29 is 14.5 Å². The predicted molar refractivity (Wildman–Crippen MR) is 99.2 cm³/mol. The lowest BCUT2D eigenvalue weighted by Crippen LogP contribution is -2.29. The van der Waals surface area contributed by atoms with E-state index in [1.54, 1.807) is 24.3 Å². The Balaban J connectivity index is 2.02. The number of rotatable bonds is 7. The van der Waals surface area contributed by atoms with Crippen LogP contribution < -0.4 is 5.32 Å². The topological polar surface area (TPSA) is 107 Å². The number of piperidine rings is 1. The highest BCUT2D eigenvalue weighted by Crippen LogP contribution is 2.37. The van der Waals surface area contributed by atoms with E-state index in [1.165, 1.54) is 6.33 Å². The molecule has 1 fully saturated rings. The maximum absolute atomic E-state index is 11.8. The average molecular weight is 391 g/mol. The summed E-state index contributed by atoms with van der Waals surface area (Å²) in [6.45, 7) is 2.06. The van der Waals surface area contributed by atoms with Crippen LogP contribution in [0.25, 0.3) is 11.3 Å². The third-order valence-electron chi connectivity index (χ3n) is 4.66. The molecule has 142 valence electrons. The molecule has 1 unspecified atom stereocenters. The fourth-order valence-corrected chi connectivity index (χ4v) is 3.56. The summed E-state index contributed by atoms with van der Waals surface area (Å²) in [6.07, 6.45) is 2.76. The number of nitrogens with zero attached hydrogens (tertiary/aromatic N) is 3. The van der Waals surface area contributed by atoms with E-state index in [2.05, 4.69) is 15.3 Å². The molecule has 0 spiro atoms. The van der Waals surface area contributed by atoms with E-state index < -0.39 is 11.0 Å². The first-order valence-corrected chi connectivity index (χ1v) is 9.03. The van der Waals surface area contributed by atoms with Gasteiger partial charge in [0.15, 0.2) is 17.5 Å². The van der Waals surface area contributed by atoms with Crippen LogP contribution >= 0.6 is 11.6 Å². The molecule has 1 saturated heterocycles. The van der Waals surface area contributed by atoms with Crippen LogP contribution in [0.1, 0.15) is 31.1 Å². The first kappa shape index (κ1) is 19.2. The maximum atomic E-state index is 11.8. The molecule has 1 aliphatic heterocycles. The second kappa shape index (κ2) is 8.88. The molecule has 8 nitrogen and oxygen atoms in total. The molecule has 1 atom stereocenters. The highest BCUT2D eigenvalue weighted by molar-refractivity contribution is 6.30. The van der Waals surface area contributed by atoms with Gasteiger partial charge < -0.3 is 10.1 Å². The van der Waals surface area contributed by atoms with Crippen LogP contribution in [-0.2, 0) is 9.53 Å².